The first-order valence-corrected chi connectivity index (χ1v) is 7.14. The standard InChI is InChI=1S/C14H14BrClN2O/c1-8-7-11(13(19)9(2)16)10(3)18(8)14-12(15)5-4-6-17-14/h4-7,9H,1-3H3. The summed E-state index contributed by atoms with van der Waals surface area (Å²) in [6, 6.07) is 5.64. The van der Waals surface area contributed by atoms with Crippen molar-refractivity contribution >= 4 is 33.3 Å². The van der Waals surface area contributed by atoms with Gasteiger partial charge >= 0.3 is 0 Å². The molecule has 0 aliphatic heterocycles. The highest BCUT2D eigenvalue weighted by Crippen LogP contribution is 2.26. The molecule has 0 aliphatic carbocycles. The summed E-state index contributed by atoms with van der Waals surface area (Å²) in [7, 11) is 0. The van der Waals surface area contributed by atoms with Crippen molar-refractivity contribution in [3.63, 3.8) is 0 Å². The number of rotatable bonds is 3. The third kappa shape index (κ3) is 2.60. The second-order valence-electron chi connectivity index (χ2n) is 4.41. The Morgan fingerprint density at radius 3 is 2.74 bits per heavy atom. The fourth-order valence-electron chi connectivity index (χ4n) is 2.09. The van der Waals surface area contributed by atoms with Gasteiger partial charge in [-0.05, 0) is 54.9 Å². The van der Waals surface area contributed by atoms with Crippen molar-refractivity contribution in [2.24, 2.45) is 0 Å². The van der Waals surface area contributed by atoms with Crippen LogP contribution in [0.2, 0.25) is 0 Å². The van der Waals surface area contributed by atoms with Crippen molar-refractivity contribution in [3.05, 3.63) is 45.8 Å². The minimum absolute atomic E-state index is 0.0620. The lowest BCUT2D eigenvalue weighted by molar-refractivity contribution is 0.0991. The summed E-state index contributed by atoms with van der Waals surface area (Å²) < 4.78 is 2.84. The van der Waals surface area contributed by atoms with Gasteiger partial charge in [-0.3, -0.25) is 4.79 Å². The SMILES string of the molecule is Cc1cc(C(=O)C(C)Cl)c(C)n1-c1ncccc1Br. The molecular formula is C14H14BrClN2O. The summed E-state index contributed by atoms with van der Waals surface area (Å²) >= 11 is 9.37. The molecule has 0 aliphatic rings. The molecule has 0 radical (unpaired) electrons. The van der Waals surface area contributed by atoms with Crippen LogP contribution in [-0.4, -0.2) is 20.7 Å². The van der Waals surface area contributed by atoms with Gasteiger partial charge in [-0.15, -0.1) is 11.6 Å². The van der Waals surface area contributed by atoms with Gasteiger partial charge in [0, 0.05) is 23.1 Å². The highest BCUT2D eigenvalue weighted by atomic mass is 79.9. The Morgan fingerprint density at radius 2 is 2.16 bits per heavy atom. The summed E-state index contributed by atoms with van der Waals surface area (Å²) in [5.41, 5.74) is 2.46. The van der Waals surface area contributed by atoms with E-state index in [1.165, 1.54) is 0 Å². The number of carbonyl (C=O) groups is 1. The summed E-state index contributed by atoms with van der Waals surface area (Å²) in [5, 5.41) is -0.527. The van der Waals surface area contributed by atoms with E-state index in [0.717, 1.165) is 21.7 Å². The molecule has 1 unspecified atom stereocenters. The zero-order valence-corrected chi connectivity index (χ0v) is 13.3. The van der Waals surface area contributed by atoms with Crippen LogP contribution in [0.3, 0.4) is 0 Å². The van der Waals surface area contributed by atoms with E-state index < -0.39 is 5.38 Å². The molecular weight excluding hydrogens is 328 g/mol. The summed E-state index contributed by atoms with van der Waals surface area (Å²) in [5.74, 6) is 0.715. The molecule has 0 saturated carbocycles. The minimum atomic E-state index is -0.527. The third-order valence-electron chi connectivity index (χ3n) is 3.01. The average molecular weight is 342 g/mol. The van der Waals surface area contributed by atoms with E-state index in [1.807, 2.05) is 36.6 Å². The van der Waals surface area contributed by atoms with E-state index in [2.05, 4.69) is 20.9 Å². The molecule has 2 rings (SSSR count). The molecule has 0 bridgehead atoms. The van der Waals surface area contributed by atoms with Crippen LogP contribution in [0.5, 0.6) is 0 Å². The largest absolute Gasteiger partial charge is 0.302 e. The maximum absolute atomic E-state index is 12.1. The molecule has 3 nitrogen and oxygen atoms in total. The maximum Gasteiger partial charge on any atom is 0.182 e. The van der Waals surface area contributed by atoms with Gasteiger partial charge in [0.1, 0.15) is 0 Å². The fraction of sp³-hybridized carbons (Fsp3) is 0.286. The lowest BCUT2D eigenvalue weighted by Crippen LogP contribution is -2.12. The van der Waals surface area contributed by atoms with Crippen LogP contribution in [0, 0.1) is 13.8 Å². The molecule has 2 heterocycles. The first-order chi connectivity index (χ1) is 8.93. The number of pyridine rings is 1. The van der Waals surface area contributed by atoms with Crippen molar-refractivity contribution in [1.29, 1.82) is 0 Å². The van der Waals surface area contributed by atoms with Gasteiger partial charge in [0.05, 0.1) is 9.85 Å². The Morgan fingerprint density at radius 1 is 1.47 bits per heavy atom. The topological polar surface area (TPSA) is 34.9 Å². The van der Waals surface area contributed by atoms with Crippen molar-refractivity contribution in [2.75, 3.05) is 0 Å². The average Bonchev–Trinajstić information content (AvgIpc) is 2.65. The van der Waals surface area contributed by atoms with E-state index in [0.29, 0.717) is 5.56 Å². The maximum atomic E-state index is 12.1. The number of alkyl halides is 1. The molecule has 19 heavy (non-hydrogen) atoms. The van der Waals surface area contributed by atoms with Gasteiger partial charge in [-0.1, -0.05) is 0 Å². The lowest BCUT2D eigenvalue weighted by atomic mass is 10.1. The van der Waals surface area contributed by atoms with Crippen LogP contribution in [0.4, 0.5) is 0 Å². The summed E-state index contributed by atoms with van der Waals surface area (Å²) in [6.45, 7) is 5.54. The van der Waals surface area contributed by atoms with E-state index in [1.54, 1.807) is 13.1 Å². The van der Waals surface area contributed by atoms with Crippen LogP contribution < -0.4 is 0 Å². The number of Topliss-reactive ketones (excluding diaryl/α,β-unsaturated/α-hetero) is 1. The molecule has 0 spiro atoms. The number of hydrogen-bond donors (Lipinski definition) is 0. The van der Waals surface area contributed by atoms with Gasteiger partial charge in [0.15, 0.2) is 11.6 Å². The number of hydrogen-bond acceptors (Lipinski definition) is 2. The minimum Gasteiger partial charge on any atom is -0.302 e. The van der Waals surface area contributed by atoms with Crippen molar-refractivity contribution in [1.82, 2.24) is 9.55 Å². The molecule has 5 heteroatoms. The predicted molar refractivity (Wildman–Crippen MR) is 80.4 cm³/mol. The number of aryl methyl sites for hydroxylation is 1. The van der Waals surface area contributed by atoms with Crippen molar-refractivity contribution in [2.45, 2.75) is 26.1 Å². The van der Waals surface area contributed by atoms with Gasteiger partial charge in [-0.2, -0.15) is 0 Å². The normalized spacial score (nSPS) is 12.5. The zero-order valence-electron chi connectivity index (χ0n) is 10.9. The summed E-state index contributed by atoms with van der Waals surface area (Å²) in [6.07, 6.45) is 1.73. The Bertz CT molecular complexity index is 634. The smallest absolute Gasteiger partial charge is 0.182 e. The van der Waals surface area contributed by atoms with Crippen LogP contribution in [0.15, 0.2) is 28.9 Å². The third-order valence-corrected chi connectivity index (χ3v) is 3.83. The van der Waals surface area contributed by atoms with E-state index >= 15 is 0 Å². The number of carbonyl (C=O) groups excluding carboxylic acids is 1. The van der Waals surface area contributed by atoms with Gasteiger partial charge < -0.3 is 4.57 Å². The van der Waals surface area contributed by atoms with Crippen LogP contribution in [-0.2, 0) is 0 Å². The molecule has 100 valence electrons. The Balaban J connectivity index is 2.61. The van der Waals surface area contributed by atoms with E-state index in [-0.39, 0.29) is 5.78 Å². The Kier molecular flexibility index (Phi) is 4.11. The first-order valence-electron chi connectivity index (χ1n) is 5.91. The molecule has 0 saturated heterocycles. The molecule has 2 aromatic heterocycles. The Hall–Kier alpha value is -1.13. The highest BCUT2D eigenvalue weighted by molar-refractivity contribution is 9.10. The molecule has 1 atom stereocenters. The number of nitrogens with zero attached hydrogens (tertiary/aromatic N) is 2. The number of halogens is 2. The van der Waals surface area contributed by atoms with Crippen molar-refractivity contribution in [3.8, 4) is 5.82 Å². The molecule has 0 N–H and O–H groups in total. The van der Waals surface area contributed by atoms with Gasteiger partial charge in [0.25, 0.3) is 0 Å². The number of ketones is 1. The van der Waals surface area contributed by atoms with Gasteiger partial charge in [0.2, 0.25) is 0 Å². The second-order valence-corrected chi connectivity index (χ2v) is 5.92. The van der Waals surface area contributed by atoms with Gasteiger partial charge in [-0.25, -0.2) is 4.98 Å². The second kappa shape index (κ2) is 5.47. The first kappa shape index (κ1) is 14.3. The monoisotopic (exact) mass is 340 g/mol. The van der Waals surface area contributed by atoms with E-state index in [9.17, 15) is 4.79 Å². The fourth-order valence-corrected chi connectivity index (χ4v) is 2.64. The lowest BCUT2D eigenvalue weighted by Gasteiger charge is -2.10. The number of aromatic nitrogens is 2. The molecule has 0 aromatic carbocycles. The van der Waals surface area contributed by atoms with Crippen molar-refractivity contribution < 1.29 is 4.79 Å². The highest BCUT2D eigenvalue weighted by Gasteiger charge is 2.21. The zero-order chi connectivity index (χ0) is 14.2. The predicted octanol–water partition coefficient (Wildman–Crippen LogP) is 4.06. The van der Waals surface area contributed by atoms with Crippen LogP contribution >= 0.6 is 27.5 Å². The summed E-state index contributed by atoms with van der Waals surface area (Å²) in [4.78, 5) is 16.4. The quantitative estimate of drug-likeness (QED) is 0.623. The van der Waals surface area contributed by atoms with E-state index in [4.69, 9.17) is 11.6 Å². The molecule has 2 aromatic rings. The molecule has 0 fully saturated rings. The van der Waals surface area contributed by atoms with Crippen LogP contribution in [0.25, 0.3) is 5.82 Å². The molecule has 0 amide bonds. The Labute approximate surface area is 125 Å². The van der Waals surface area contributed by atoms with Crippen LogP contribution in [0.1, 0.15) is 28.7 Å².